The van der Waals surface area contributed by atoms with Crippen LogP contribution in [0.25, 0.3) is 6.08 Å². The van der Waals surface area contributed by atoms with E-state index in [9.17, 15) is 14.9 Å². The lowest BCUT2D eigenvalue weighted by Crippen LogP contribution is -2.30. The van der Waals surface area contributed by atoms with Crippen LogP contribution in [-0.4, -0.2) is 31.1 Å². The Morgan fingerprint density at radius 1 is 1.10 bits per heavy atom. The topological polar surface area (TPSA) is 100 Å². The molecule has 0 aromatic heterocycles. The number of rotatable bonds is 9. The highest BCUT2D eigenvalue weighted by Crippen LogP contribution is 2.29. The molecular formula is C23H25N3O4. The fourth-order valence-electron chi connectivity index (χ4n) is 2.52. The molecule has 30 heavy (non-hydrogen) atoms. The summed E-state index contributed by atoms with van der Waals surface area (Å²) < 4.78 is 11.2. The number of ether oxygens (including phenoxy) is 2. The second kappa shape index (κ2) is 11.3. The van der Waals surface area contributed by atoms with Gasteiger partial charge >= 0.3 is 0 Å². The van der Waals surface area contributed by atoms with Crippen molar-refractivity contribution in [2.75, 3.05) is 18.5 Å². The van der Waals surface area contributed by atoms with Gasteiger partial charge in [0.2, 0.25) is 0 Å². The van der Waals surface area contributed by atoms with Gasteiger partial charge in [-0.15, -0.1) is 0 Å². The minimum absolute atomic E-state index is 0.0120. The van der Waals surface area contributed by atoms with Crippen LogP contribution in [0, 0.1) is 11.3 Å². The molecule has 0 heterocycles. The number of hydrogen-bond acceptors (Lipinski definition) is 5. The molecule has 0 atom stereocenters. The van der Waals surface area contributed by atoms with E-state index in [1.165, 1.54) is 6.08 Å². The Balaban J connectivity index is 2.12. The largest absolute Gasteiger partial charge is 0.490 e. The predicted molar refractivity (Wildman–Crippen MR) is 115 cm³/mol. The quantitative estimate of drug-likeness (QED) is 0.489. The highest BCUT2D eigenvalue weighted by atomic mass is 16.5. The van der Waals surface area contributed by atoms with E-state index >= 15 is 0 Å². The van der Waals surface area contributed by atoms with Crippen LogP contribution >= 0.6 is 0 Å². The Hall–Kier alpha value is -3.79. The van der Waals surface area contributed by atoms with Gasteiger partial charge in [-0.05, 0) is 56.7 Å². The SMILES string of the molecule is CCOc1cc(/C=C(\C#N)C(=O)NC(C)C)ccc1OCC(=O)Nc1ccccc1. The van der Waals surface area contributed by atoms with Gasteiger partial charge in [0, 0.05) is 11.7 Å². The molecule has 0 radical (unpaired) electrons. The number of benzene rings is 2. The van der Waals surface area contributed by atoms with Crippen molar-refractivity contribution in [3.8, 4) is 17.6 Å². The number of nitrogens with one attached hydrogen (secondary N) is 2. The maximum atomic E-state index is 12.1. The summed E-state index contributed by atoms with van der Waals surface area (Å²) in [5.41, 5.74) is 1.28. The second-order valence-electron chi connectivity index (χ2n) is 6.64. The molecule has 0 saturated heterocycles. The normalized spacial score (nSPS) is 10.8. The van der Waals surface area contributed by atoms with Crippen LogP contribution in [0.15, 0.2) is 54.1 Å². The fourth-order valence-corrected chi connectivity index (χ4v) is 2.52. The van der Waals surface area contributed by atoms with Crippen LogP contribution < -0.4 is 20.1 Å². The third kappa shape index (κ3) is 6.99. The van der Waals surface area contributed by atoms with Crippen LogP contribution in [0.1, 0.15) is 26.3 Å². The number of amides is 2. The van der Waals surface area contributed by atoms with E-state index < -0.39 is 5.91 Å². The lowest BCUT2D eigenvalue weighted by atomic mass is 10.1. The van der Waals surface area contributed by atoms with Crippen LogP contribution in [0.4, 0.5) is 5.69 Å². The van der Waals surface area contributed by atoms with Crippen molar-refractivity contribution >= 4 is 23.6 Å². The number of anilines is 1. The Morgan fingerprint density at radius 3 is 2.47 bits per heavy atom. The van der Waals surface area contributed by atoms with E-state index in [0.29, 0.717) is 29.4 Å². The number of nitrogens with zero attached hydrogens (tertiary/aromatic N) is 1. The third-order valence-corrected chi connectivity index (χ3v) is 3.78. The minimum atomic E-state index is -0.441. The van der Waals surface area contributed by atoms with Crippen LogP contribution in [0.3, 0.4) is 0 Å². The number of nitriles is 1. The van der Waals surface area contributed by atoms with Crippen LogP contribution in [0.2, 0.25) is 0 Å². The minimum Gasteiger partial charge on any atom is -0.490 e. The monoisotopic (exact) mass is 407 g/mol. The first kappa shape index (κ1) is 22.5. The van der Waals surface area contributed by atoms with Gasteiger partial charge in [0.15, 0.2) is 18.1 Å². The molecule has 7 nitrogen and oxygen atoms in total. The number of carbonyl (C=O) groups is 2. The van der Waals surface area contributed by atoms with Gasteiger partial charge in [-0.25, -0.2) is 0 Å². The first-order chi connectivity index (χ1) is 14.4. The van der Waals surface area contributed by atoms with Gasteiger partial charge in [0.25, 0.3) is 11.8 Å². The highest BCUT2D eigenvalue weighted by Gasteiger charge is 2.13. The predicted octanol–water partition coefficient (Wildman–Crippen LogP) is 3.53. The summed E-state index contributed by atoms with van der Waals surface area (Å²) in [6.45, 7) is 5.66. The zero-order chi connectivity index (χ0) is 21.9. The maximum Gasteiger partial charge on any atom is 0.262 e. The maximum absolute atomic E-state index is 12.1. The molecule has 2 N–H and O–H groups in total. The Labute approximate surface area is 176 Å². The zero-order valence-electron chi connectivity index (χ0n) is 17.3. The molecule has 0 saturated carbocycles. The summed E-state index contributed by atoms with van der Waals surface area (Å²) in [7, 11) is 0. The molecule has 2 aromatic rings. The summed E-state index contributed by atoms with van der Waals surface area (Å²) in [5.74, 6) is 0.0655. The lowest BCUT2D eigenvalue weighted by Gasteiger charge is -2.13. The molecule has 2 amide bonds. The third-order valence-electron chi connectivity index (χ3n) is 3.78. The van der Waals surface area contributed by atoms with E-state index in [0.717, 1.165) is 0 Å². The molecular weight excluding hydrogens is 382 g/mol. The van der Waals surface area contributed by atoms with Gasteiger partial charge < -0.3 is 20.1 Å². The molecule has 0 bridgehead atoms. The van der Waals surface area contributed by atoms with E-state index in [4.69, 9.17) is 9.47 Å². The lowest BCUT2D eigenvalue weighted by molar-refractivity contribution is -0.118. The summed E-state index contributed by atoms with van der Waals surface area (Å²) in [6, 6.07) is 15.9. The molecule has 7 heteroatoms. The van der Waals surface area contributed by atoms with E-state index in [1.807, 2.05) is 45.0 Å². The molecule has 0 aliphatic carbocycles. The van der Waals surface area contributed by atoms with Crippen molar-refractivity contribution in [2.45, 2.75) is 26.8 Å². The standard InChI is InChI=1S/C23H25N3O4/c1-4-29-21-13-17(12-18(14-24)23(28)25-16(2)3)10-11-20(21)30-15-22(27)26-19-8-6-5-7-9-19/h5-13,16H,4,15H2,1-3H3,(H,25,28)(H,26,27)/b18-12+. The second-order valence-corrected chi connectivity index (χ2v) is 6.64. The van der Waals surface area contributed by atoms with E-state index in [-0.39, 0.29) is 24.1 Å². The van der Waals surface area contributed by atoms with Crippen molar-refractivity contribution in [3.05, 3.63) is 59.7 Å². The Kier molecular flexibility index (Phi) is 8.45. The molecule has 0 unspecified atom stereocenters. The van der Waals surface area contributed by atoms with E-state index in [1.54, 1.807) is 30.3 Å². The van der Waals surface area contributed by atoms with Crippen molar-refractivity contribution in [1.82, 2.24) is 5.32 Å². The van der Waals surface area contributed by atoms with Gasteiger partial charge in [-0.2, -0.15) is 5.26 Å². The Bertz CT molecular complexity index is 947. The van der Waals surface area contributed by atoms with Gasteiger partial charge in [-0.1, -0.05) is 24.3 Å². The van der Waals surface area contributed by atoms with Gasteiger partial charge in [0.05, 0.1) is 6.61 Å². The molecule has 0 spiro atoms. The van der Waals surface area contributed by atoms with Crippen molar-refractivity contribution < 1.29 is 19.1 Å². The smallest absolute Gasteiger partial charge is 0.262 e. The molecule has 0 aliphatic rings. The zero-order valence-corrected chi connectivity index (χ0v) is 17.3. The first-order valence-corrected chi connectivity index (χ1v) is 9.60. The molecule has 2 rings (SSSR count). The number of carbonyl (C=O) groups excluding carboxylic acids is 2. The van der Waals surface area contributed by atoms with Crippen molar-refractivity contribution in [1.29, 1.82) is 5.26 Å². The summed E-state index contributed by atoms with van der Waals surface area (Å²) in [6.07, 6.45) is 1.48. The van der Waals surface area contributed by atoms with Crippen molar-refractivity contribution in [3.63, 3.8) is 0 Å². The Morgan fingerprint density at radius 2 is 1.83 bits per heavy atom. The van der Waals surface area contributed by atoms with E-state index in [2.05, 4.69) is 10.6 Å². The summed E-state index contributed by atoms with van der Waals surface area (Å²) in [5, 5.41) is 14.7. The molecule has 2 aromatic carbocycles. The fraction of sp³-hybridized carbons (Fsp3) is 0.261. The average Bonchev–Trinajstić information content (AvgIpc) is 2.71. The van der Waals surface area contributed by atoms with Crippen LogP contribution in [0.5, 0.6) is 11.5 Å². The highest BCUT2D eigenvalue weighted by molar-refractivity contribution is 6.01. The molecule has 0 fully saturated rings. The number of para-hydroxylation sites is 1. The first-order valence-electron chi connectivity index (χ1n) is 9.60. The molecule has 0 aliphatic heterocycles. The van der Waals surface area contributed by atoms with Gasteiger partial charge in [0.1, 0.15) is 11.6 Å². The average molecular weight is 407 g/mol. The number of hydrogen-bond donors (Lipinski definition) is 2. The van der Waals surface area contributed by atoms with Gasteiger partial charge in [-0.3, -0.25) is 9.59 Å². The van der Waals surface area contributed by atoms with Crippen molar-refractivity contribution in [2.24, 2.45) is 0 Å². The van der Waals surface area contributed by atoms with Crippen LogP contribution in [-0.2, 0) is 9.59 Å². The molecule has 156 valence electrons. The summed E-state index contributed by atoms with van der Waals surface area (Å²) >= 11 is 0. The summed E-state index contributed by atoms with van der Waals surface area (Å²) in [4.78, 5) is 24.2.